The quantitative estimate of drug-likeness (QED) is 0.587. The Hall–Kier alpha value is -0.640. The highest BCUT2D eigenvalue weighted by Gasteiger charge is 2.33. The van der Waals surface area contributed by atoms with Gasteiger partial charge in [-0.1, -0.05) is 65.3 Å². The minimum atomic E-state index is 0.167. The summed E-state index contributed by atoms with van der Waals surface area (Å²) in [5.41, 5.74) is 1.21. The molecule has 0 unspecified atom stereocenters. The molecule has 0 aliphatic carbocycles. The smallest absolute Gasteiger partial charge is 0.0827 e. The summed E-state index contributed by atoms with van der Waals surface area (Å²) in [7, 11) is 0. The van der Waals surface area contributed by atoms with Crippen LogP contribution in [-0.2, 0) is 16.1 Å². The van der Waals surface area contributed by atoms with Crippen molar-refractivity contribution in [2.45, 2.75) is 43.9 Å². The Bertz CT molecular complexity index is 418. The third-order valence-corrected chi connectivity index (χ3v) is 4.93. The molecule has 4 atom stereocenters. The Morgan fingerprint density at radius 3 is 2.80 bits per heavy atom. The lowest BCUT2D eigenvalue weighted by atomic mass is 9.93. The average Bonchev–Trinajstić information content (AvgIpc) is 2.45. The highest BCUT2D eigenvalue weighted by atomic mass is 79.9. The van der Waals surface area contributed by atoms with Gasteiger partial charge >= 0.3 is 0 Å². The van der Waals surface area contributed by atoms with Crippen molar-refractivity contribution in [3.05, 3.63) is 48.0 Å². The van der Waals surface area contributed by atoms with E-state index in [0.717, 1.165) is 6.42 Å². The molecular formula is C17H23BrO2. The molecular weight excluding hydrogens is 316 g/mol. The zero-order valence-electron chi connectivity index (χ0n) is 12.2. The van der Waals surface area contributed by atoms with Crippen molar-refractivity contribution in [2.24, 2.45) is 5.92 Å². The van der Waals surface area contributed by atoms with Crippen LogP contribution in [0, 0.1) is 5.92 Å². The van der Waals surface area contributed by atoms with E-state index < -0.39 is 0 Å². The molecule has 1 saturated heterocycles. The second-order valence-electron chi connectivity index (χ2n) is 5.36. The van der Waals surface area contributed by atoms with Gasteiger partial charge in [-0.05, 0) is 24.8 Å². The van der Waals surface area contributed by atoms with Crippen molar-refractivity contribution in [1.82, 2.24) is 0 Å². The molecule has 0 amide bonds. The molecule has 0 radical (unpaired) electrons. The van der Waals surface area contributed by atoms with Crippen LogP contribution < -0.4 is 0 Å². The largest absolute Gasteiger partial charge is 0.374 e. The summed E-state index contributed by atoms with van der Waals surface area (Å²) >= 11 is 3.77. The van der Waals surface area contributed by atoms with Gasteiger partial charge < -0.3 is 9.47 Å². The summed E-state index contributed by atoms with van der Waals surface area (Å²) in [5, 5.41) is 0. The van der Waals surface area contributed by atoms with Gasteiger partial charge in [0, 0.05) is 4.83 Å². The molecule has 1 aromatic carbocycles. The third-order valence-electron chi connectivity index (χ3n) is 3.72. The fourth-order valence-electron chi connectivity index (χ4n) is 2.47. The second kappa shape index (κ2) is 7.96. The maximum absolute atomic E-state index is 6.11. The van der Waals surface area contributed by atoms with Gasteiger partial charge in [0.2, 0.25) is 0 Å². The van der Waals surface area contributed by atoms with Crippen LogP contribution in [0.5, 0.6) is 0 Å². The van der Waals surface area contributed by atoms with E-state index in [4.69, 9.17) is 9.47 Å². The molecule has 110 valence electrons. The summed E-state index contributed by atoms with van der Waals surface area (Å²) in [6, 6.07) is 10.3. The number of rotatable bonds is 5. The maximum atomic E-state index is 6.11. The van der Waals surface area contributed by atoms with Gasteiger partial charge in [-0.2, -0.15) is 0 Å². The molecule has 2 nitrogen and oxygen atoms in total. The highest BCUT2D eigenvalue weighted by Crippen LogP contribution is 2.31. The van der Waals surface area contributed by atoms with Gasteiger partial charge in [0.05, 0.1) is 25.4 Å². The monoisotopic (exact) mass is 338 g/mol. The molecule has 0 saturated carbocycles. The van der Waals surface area contributed by atoms with Crippen LogP contribution in [0.4, 0.5) is 0 Å². The Balaban J connectivity index is 1.81. The molecule has 0 aromatic heterocycles. The van der Waals surface area contributed by atoms with E-state index in [1.807, 2.05) is 25.1 Å². The lowest BCUT2D eigenvalue weighted by molar-refractivity contribution is -0.0880. The molecule has 0 N–H and O–H groups in total. The molecule has 0 spiro atoms. The molecule has 20 heavy (non-hydrogen) atoms. The van der Waals surface area contributed by atoms with Crippen LogP contribution in [0.25, 0.3) is 0 Å². The first-order chi connectivity index (χ1) is 9.70. The van der Waals surface area contributed by atoms with Crippen molar-refractivity contribution in [1.29, 1.82) is 0 Å². The molecule has 2 rings (SSSR count). The van der Waals surface area contributed by atoms with Crippen LogP contribution in [0.2, 0.25) is 0 Å². The lowest BCUT2D eigenvalue weighted by Crippen LogP contribution is -2.41. The fourth-order valence-corrected chi connectivity index (χ4v) is 3.19. The van der Waals surface area contributed by atoms with Gasteiger partial charge in [-0.3, -0.25) is 0 Å². The predicted molar refractivity (Wildman–Crippen MR) is 86.1 cm³/mol. The minimum absolute atomic E-state index is 0.167. The number of hydrogen-bond donors (Lipinski definition) is 0. The number of halogens is 1. The average molecular weight is 339 g/mol. The number of ether oxygens (including phenoxy) is 2. The van der Waals surface area contributed by atoms with E-state index in [0.29, 0.717) is 24.0 Å². The van der Waals surface area contributed by atoms with E-state index >= 15 is 0 Å². The van der Waals surface area contributed by atoms with E-state index in [2.05, 4.69) is 47.1 Å². The first-order valence-corrected chi connectivity index (χ1v) is 8.16. The van der Waals surface area contributed by atoms with Crippen molar-refractivity contribution < 1.29 is 9.47 Å². The number of allylic oxidation sites excluding steroid dienone is 1. The Labute approximate surface area is 130 Å². The minimum Gasteiger partial charge on any atom is -0.374 e. The van der Waals surface area contributed by atoms with Crippen LogP contribution in [0.3, 0.4) is 0 Å². The van der Waals surface area contributed by atoms with Crippen LogP contribution in [-0.4, -0.2) is 23.6 Å². The van der Waals surface area contributed by atoms with Crippen molar-refractivity contribution in [2.75, 3.05) is 6.61 Å². The zero-order chi connectivity index (χ0) is 14.4. The van der Waals surface area contributed by atoms with Gasteiger partial charge in [-0.25, -0.2) is 0 Å². The number of hydrogen-bond acceptors (Lipinski definition) is 2. The first-order valence-electron chi connectivity index (χ1n) is 7.24. The van der Waals surface area contributed by atoms with E-state index in [-0.39, 0.29) is 12.2 Å². The molecule has 1 aliphatic rings. The summed E-state index contributed by atoms with van der Waals surface area (Å²) in [6.45, 7) is 5.56. The van der Waals surface area contributed by atoms with Crippen LogP contribution >= 0.6 is 15.9 Å². The van der Waals surface area contributed by atoms with Gasteiger partial charge in [0.1, 0.15) is 0 Å². The molecule has 3 heteroatoms. The standard InChI is InChI=1S/C17H23BrO2/c1-3-7-17-13(2)16(18)10-15(20-17)12-19-11-14-8-5-4-6-9-14/h3-9,13,15-17H,10-12H2,1-2H3/b7-3+/t13-,15+,16+,17+/m0/s1. The number of alkyl halides is 1. The fraction of sp³-hybridized carbons (Fsp3) is 0.529. The zero-order valence-corrected chi connectivity index (χ0v) is 13.8. The SMILES string of the molecule is C/C=C/[C@H]1O[C@@H](COCc2ccccc2)C[C@@H](Br)[C@@H]1C. The van der Waals surface area contributed by atoms with Crippen molar-refractivity contribution in [3.63, 3.8) is 0 Å². The Morgan fingerprint density at radius 2 is 2.10 bits per heavy atom. The normalized spacial score (nSPS) is 30.8. The Morgan fingerprint density at radius 1 is 1.35 bits per heavy atom. The molecule has 1 aliphatic heterocycles. The van der Waals surface area contributed by atoms with Gasteiger partial charge in [0.15, 0.2) is 0 Å². The third kappa shape index (κ3) is 4.44. The van der Waals surface area contributed by atoms with E-state index in [1.165, 1.54) is 5.56 Å². The summed E-state index contributed by atoms with van der Waals surface area (Å²) in [5.74, 6) is 0.497. The number of benzene rings is 1. The summed E-state index contributed by atoms with van der Waals surface area (Å²) in [4.78, 5) is 0.489. The maximum Gasteiger partial charge on any atom is 0.0827 e. The Kier molecular flexibility index (Phi) is 6.27. The van der Waals surface area contributed by atoms with E-state index in [9.17, 15) is 0 Å². The summed E-state index contributed by atoms with van der Waals surface area (Å²) in [6.07, 6.45) is 5.56. The van der Waals surface area contributed by atoms with Gasteiger partial charge in [0.25, 0.3) is 0 Å². The second-order valence-corrected chi connectivity index (χ2v) is 6.54. The highest BCUT2D eigenvalue weighted by molar-refractivity contribution is 9.09. The molecule has 1 fully saturated rings. The predicted octanol–water partition coefficient (Wildman–Crippen LogP) is 4.34. The van der Waals surface area contributed by atoms with E-state index in [1.54, 1.807) is 0 Å². The van der Waals surface area contributed by atoms with Crippen LogP contribution in [0.15, 0.2) is 42.5 Å². The molecule has 1 heterocycles. The van der Waals surface area contributed by atoms with Gasteiger partial charge in [-0.15, -0.1) is 0 Å². The van der Waals surface area contributed by atoms with Crippen LogP contribution in [0.1, 0.15) is 25.8 Å². The van der Waals surface area contributed by atoms with Crippen molar-refractivity contribution in [3.8, 4) is 0 Å². The first kappa shape index (κ1) is 15.7. The molecule has 0 bridgehead atoms. The van der Waals surface area contributed by atoms with Crippen molar-refractivity contribution >= 4 is 15.9 Å². The lowest BCUT2D eigenvalue weighted by Gasteiger charge is -2.36. The summed E-state index contributed by atoms with van der Waals surface area (Å²) < 4.78 is 11.9. The topological polar surface area (TPSA) is 18.5 Å². The molecule has 1 aromatic rings.